The molecule has 13 heavy (non-hydrogen) atoms. The Morgan fingerprint density at radius 2 is 2.23 bits per heavy atom. The van der Waals surface area contributed by atoms with Crippen molar-refractivity contribution in [3.8, 4) is 11.8 Å². The molecule has 1 aliphatic carbocycles. The fraction of sp³-hybridized carbons (Fsp3) is 0.636. The molecule has 0 bridgehead atoms. The number of allylic oxidation sites excluding steroid dienone is 1. The van der Waals surface area contributed by atoms with Gasteiger partial charge in [0.1, 0.15) is 0 Å². The lowest BCUT2D eigenvalue weighted by molar-refractivity contribution is 0.398. The van der Waals surface area contributed by atoms with Gasteiger partial charge in [-0.3, -0.25) is 0 Å². The first-order valence-electron chi connectivity index (χ1n) is 4.88. The van der Waals surface area contributed by atoms with Crippen molar-refractivity contribution in [2.45, 2.75) is 6.42 Å². The number of rotatable bonds is 2. The monoisotopic (exact) mass is 176 g/mol. The number of hydrogen-bond donors (Lipinski definition) is 1. The van der Waals surface area contributed by atoms with Crippen molar-refractivity contribution >= 4 is 0 Å². The quantitative estimate of drug-likeness (QED) is 0.622. The number of piperidine rings is 1. The molecule has 0 aromatic carbocycles. The molecule has 2 fully saturated rings. The molecule has 1 saturated heterocycles. The Morgan fingerprint density at radius 1 is 1.54 bits per heavy atom. The van der Waals surface area contributed by atoms with Crippen LogP contribution in [0.5, 0.6) is 0 Å². The van der Waals surface area contributed by atoms with Crippen molar-refractivity contribution in [3.05, 3.63) is 12.3 Å². The highest BCUT2D eigenvalue weighted by atomic mass is 15.2. The first-order chi connectivity index (χ1) is 6.31. The Bertz CT molecular complexity index is 262. The van der Waals surface area contributed by atoms with Crippen LogP contribution in [0.2, 0.25) is 0 Å². The van der Waals surface area contributed by atoms with Crippen LogP contribution in [0.15, 0.2) is 12.3 Å². The number of hydrogen-bond acceptors (Lipinski definition) is 2. The Labute approximate surface area is 80.0 Å². The molecule has 2 atom stereocenters. The highest BCUT2D eigenvalue weighted by molar-refractivity contribution is 5.26. The molecular weight excluding hydrogens is 160 g/mol. The molecule has 2 nitrogen and oxygen atoms in total. The van der Waals surface area contributed by atoms with Crippen LogP contribution < -0.4 is 5.32 Å². The zero-order chi connectivity index (χ0) is 9.26. The van der Waals surface area contributed by atoms with E-state index in [1.165, 1.54) is 19.5 Å². The molecule has 2 heteroatoms. The summed E-state index contributed by atoms with van der Waals surface area (Å²) in [4.78, 5) is 2.32. The van der Waals surface area contributed by atoms with Crippen LogP contribution in [0.3, 0.4) is 0 Å². The molecule has 2 aliphatic rings. The molecule has 1 aliphatic heterocycles. The van der Waals surface area contributed by atoms with Crippen LogP contribution in [0.25, 0.3) is 0 Å². The SMILES string of the molecule is C=C(C#CCNC)N1CC2CC2C1. The van der Waals surface area contributed by atoms with E-state index in [9.17, 15) is 0 Å². The lowest BCUT2D eigenvalue weighted by Gasteiger charge is -2.18. The van der Waals surface area contributed by atoms with E-state index in [0.717, 1.165) is 24.1 Å². The Balaban J connectivity index is 1.81. The van der Waals surface area contributed by atoms with Gasteiger partial charge < -0.3 is 10.2 Å². The van der Waals surface area contributed by atoms with Gasteiger partial charge in [0, 0.05) is 13.1 Å². The molecule has 1 saturated carbocycles. The number of nitrogens with one attached hydrogen (secondary N) is 1. The third kappa shape index (κ3) is 1.87. The smallest absolute Gasteiger partial charge is 0.0807 e. The highest BCUT2D eigenvalue weighted by Crippen LogP contribution is 2.45. The van der Waals surface area contributed by atoms with Gasteiger partial charge in [-0.05, 0) is 31.2 Å². The van der Waals surface area contributed by atoms with Crippen molar-refractivity contribution in [3.63, 3.8) is 0 Å². The minimum absolute atomic E-state index is 0.750. The van der Waals surface area contributed by atoms with E-state index in [-0.39, 0.29) is 0 Å². The predicted molar refractivity (Wildman–Crippen MR) is 54.0 cm³/mol. The summed E-state index contributed by atoms with van der Waals surface area (Å²) in [6.45, 7) is 7.12. The van der Waals surface area contributed by atoms with Gasteiger partial charge in [0.15, 0.2) is 0 Å². The van der Waals surface area contributed by atoms with Gasteiger partial charge >= 0.3 is 0 Å². The first-order valence-corrected chi connectivity index (χ1v) is 4.88. The Hall–Kier alpha value is -0.940. The summed E-state index contributed by atoms with van der Waals surface area (Å²) in [5.74, 6) is 8.05. The second-order valence-electron chi connectivity index (χ2n) is 3.94. The van der Waals surface area contributed by atoms with E-state index >= 15 is 0 Å². The second kappa shape index (κ2) is 3.43. The molecule has 0 radical (unpaired) electrons. The maximum atomic E-state index is 3.99. The van der Waals surface area contributed by atoms with Crippen molar-refractivity contribution < 1.29 is 0 Å². The van der Waals surface area contributed by atoms with Crippen LogP contribution in [-0.4, -0.2) is 31.6 Å². The summed E-state index contributed by atoms with van der Waals surface area (Å²) in [6, 6.07) is 0. The maximum Gasteiger partial charge on any atom is 0.0807 e. The highest BCUT2D eigenvalue weighted by Gasteiger charge is 2.45. The van der Waals surface area contributed by atoms with Gasteiger partial charge in [0.2, 0.25) is 0 Å². The van der Waals surface area contributed by atoms with E-state index in [4.69, 9.17) is 0 Å². The molecule has 0 spiro atoms. The standard InChI is InChI=1S/C11H16N2/c1-9(4-3-5-12-2)13-7-10-6-11(10)8-13/h10-12H,1,5-8H2,2H3. The molecule has 0 aromatic heterocycles. The molecule has 0 amide bonds. The fourth-order valence-electron chi connectivity index (χ4n) is 1.93. The lowest BCUT2D eigenvalue weighted by atomic mass is 10.3. The normalized spacial score (nSPS) is 29.2. The Morgan fingerprint density at radius 3 is 2.85 bits per heavy atom. The van der Waals surface area contributed by atoms with Gasteiger partial charge in [0.05, 0.1) is 12.2 Å². The molecule has 1 heterocycles. The van der Waals surface area contributed by atoms with Crippen LogP contribution in [0, 0.1) is 23.7 Å². The van der Waals surface area contributed by atoms with Crippen LogP contribution in [0.1, 0.15) is 6.42 Å². The fourth-order valence-corrected chi connectivity index (χ4v) is 1.93. The van der Waals surface area contributed by atoms with Gasteiger partial charge in [-0.15, -0.1) is 0 Å². The summed E-state index contributed by atoms with van der Waals surface area (Å²) in [6.07, 6.45) is 1.44. The summed E-state index contributed by atoms with van der Waals surface area (Å²) >= 11 is 0. The van der Waals surface area contributed by atoms with Crippen molar-refractivity contribution in [1.29, 1.82) is 0 Å². The third-order valence-electron chi connectivity index (χ3n) is 2.86. The van der Waals surface area contributed by atoms with E-state index in [1.54, 1.807) is 0 Å². The summed E-state index contributed by atoms with van der Waals surface area (Å²) in [5.41, 5.74) is 1.00. The zero-order valence-electron chi connectivity index (χ0n) is 8.14. The zero-order valence-corrected chi connectivity index (χ0v) is 8.14. The van der Waals surface area contributed by atoms with Crippen LogP contribution in [-0.2, 0) is 0 Å². The van der Waals surface area contributed by atoms with E-state index in [2.05, 4.69) is 28.6 Å². The number of likely N-dealkylation sites (tertiary alicyclic amines) is 1. The van der Waals surface area contributed by atoms with Gasteiger partial charge in [0.25, 0.3) is 0 Å². The van der Waals surface area contributed by atoms with Gasteiger partial charge in [-0.1, -0.05) is 12.5 Å². The van der Waals surface area contributed by atoms with E-state index in [1.807, 2.05) is 7.05 Å². The molecular formula is C11H16N2. The summed E-state index contributed by atoms with van der Waals surface area (Å²) < 4.78 is 0. The molecule has 1 N–H and O–H groups in total. The lowest BCUT2D eigenvalue weighted by Crippen LogP contribution is -2.20. The summed E-state index contributed by atoms with van der Waals surface area (Å²) in [5, 5.41) is 3.00. The van der Waals surface area contributed by atoms with Crippen LogP contribution in [0.4, 0.5) is 0 Å². The number of fused-ring (bicyclic) bond motifs is 1. The third-order valence-corrected chi connectivity index (χ3v) is 2.86. The topological polar surface area (TPSA) is 15.3 Å². The van der Waals surface area contributed by atoms with Crippen molar-refractivity contribution in [2.24, 2.45) is 11.8 Å². The van der Waals surface area contributed by atoms with Gasteiger partial charge in [-0.2, -0.15) is 0 Å². The predicted octanol–water partition coefficient (Wildman–Crippen LogP) is 0.675. The summed E-state index contributed by atoms with van der Waals surface area (Å²) in [7, 11) is 1.91. The molecule has 2 unspecified atom stereocenters. The van der Waals surface area contributed by atoms with E-state index < -0.39 is 0 Å². The minimum Gasteiger partial charge on any atom is -0.365 e. The number of nitrogens with zero attached hydrogens (tertiary/aromatic N) is 1. The average Bonchev–Trinajstić information content (AvgIpc) is 2.74. The van der Waals surface area contributed by atoms with Gasteiger partial charge in [-0.25, -0.2) is 0 Å². The minimum atomic E-state index is 0.750. The van der Waals surface area contributed by atoms with Crippen LogP contribution >= 0.6 is 0 Å². The second-order valence-corrected chi connectivity index (χ2v) is 3.94. The molecule has 2 rings (SSSR count). The van der Waals surface area contributed by atoms with Crippen molar-refractivity contribution in [2.75, 3.05) is 26.7 Å². The van der Waals surface area contributed by atoms with E-state index in [0.29, 0.717) is 0 Å². The maximum absolute atomic E-state index is 3.99. The molecule has 0 aromatic rings. The van der Waals surface area contributed by atoms with Crippen molar-refractivity contribution in [1.82, 2.24) is 10.2 Å². The average molecular weight is 176 g/mol. The molecule has 70 valence electrons. The largest absolute Gasteiger partial charge is 0.365 e. The Kier molecular flexibility index (Phi) is 2.28. The first kappa shape index (κ1) is 8.65.